The van der Waals surface area contributed by atoms with Crippen molar-refractivity contribution in [2.75, 3.05) is 13.7 Å². The van der Waals surface area contributed by atoms with Crippen LogP contribution in [0.5, 0.6) is 0 Å². The molecule has 1 unspecified atom stereocenters. The lowest BCUT2D eigenvalue weighted by molar-refractivity contribution is -0.697. The second-order valence-corrected chi connectivity index (χ2v) is 8.69. The van der Waals surface area contributed by atoms with Gasteiger partial charge in [-0.1, -0.05) is 41.5 Å². The van der Waals surface area contributed by atoms with E-state index >= 15 is 0 Å². The molecular weight excluding hydrogens is 316 g/mol. The summed E-state index contributed by atoms with van der Waals surface area (Å²) in [6.07, 6.45) is 7.90. The summed E-state index contributed by atoms with van der Waals surface area (Å²) in [5.41, 5.74) is 0.0490. The van der Waals surface area contributed by atoms with Gasteiger partial charge in [0.25, 0.3) is 0 Å². The van der Waals surface area contributed by atoms with Crippen molar-refractivity contribution >= 4 is 5.97 Å². The largest absolute Gasteiger partial charge is 0.465 e. The second kappa shape index (κ2) is 10.6. The van der Waals surface area contributed by atoms with E-state index in [4.69, 9.17) is 9.84 Å². The molecule has 146 valence electrons. The molecule has 0 amide bonds. The SMILES string of the molecule is CCn1cc[n+](CCCOC(=O)C(CC(C)(C)C)C(C)(C)C)c1.CO. The number of nitrogens with zero attached hydrogens (tertiary/aromatic N) is 2. The predicted octanol–water partition coefficient (Wildman–Crippen LogP) is 3.44. The van der Waals surface area contributed by atoms with Crippen LogP contribution in [-0.4, -0.2) is 29.4 Å². The van der Waals surface area contributed by atoms with Gasteiger partial charge in [-0.2, -0.15) is 0 Å². The summed E-state index contributed by atoms with van der Waals surface area (Å²) in [5, 5.41) is 7.00. The van der Waals surface area contributed by atoms with E-state index in [1.54, 1.807) is 0 Å². The summed E-state index contributed by atoms with van der Waals surface area (Å²) in [6, 6.07) is 0. The normalized spacial score (nSPS) is 13.0. The molecule has 0 aliphatic carbocycles. The molecule has 1 aromatic rings. The van der Waals surface area contributed by atoms with Gasteiger partial charge in [-0.05, 0) is 24.2 Å². The first kappa shape index (κ1) is 23.6. The Bertz CT molecular complexity index is 496. The summed E-state index contributed by atoms with van der Waals surface area (Å²) in [4.78, 5) is 12.5. The van der Waals surface area contributed by atoms with Gasteiger partial charge in [0.05, 0.1) is 25.6 Å². The van der Waals surface area contributed by atoms with Crippen LogP contribution in [0.15, 0.2) is 18.7 Å². The zero-order chi connectivity index (χ0) is 19.7. The van der Waals surface area contributed by atoms with Gasteiger partial charge in [-0.25, -0.2) is 9.13 Å². The summed E-state index contributed by atoms with van der Waals surface area (Å²) in [5.74, 6) is -0.111. The number of aromatic nitrogens is 2. The fraction of sp³-hybridized carbons (Fsp3) is 0.800. The summed E-state index contributed by atoms with van der Waals surface area (Å²) < 4.78 is 9.83. The van der Waals surface area contributed by atoms with Crippen molar-refractivity contribution in [2.45, 2.75) is 74.4 Å². The zero-order valence-corrected chi connectivity index (χ0v) is 17.5. The van der Waals surface area contributed by atoms with Gasteiger partial charge >= 0.3 is 5.97 Å². The monoisotopic (exact) mass is 355 g/mol. The highest BCUT2D eigenvalue weighted by molar-refractivity contribution is 5.73. The van der Waals surface area contributed by atoms with Crippen LogP contribution < -0.4 is 4.57 Å². The Morgan fingerprint density at radius 2 is 1.80 bits per heavy atom. The zero-order valence-electron chi connectivity index (χ0n) is 17.5. The average Bonchev–Trinajstić information content (AvgIpc) is 2.97. The van der Waals surface area contributed by atoms with Gasteiger partial charge in [-0.3, -0.25) is 4.79 Å². The highest BCUT2D eigenvalue weighted by atomic mass is 16.5. The maximum absolute atomic E-state index is 12.5. The van der Waals surface area contributed by atoms with E-state index in [0.717, 1.165) is 33.0 Å². The molecule has 0 aromatic carbocycles. The van der Waals surface area contributed by atoms with E-state index in [9.17, 15) is 4.79 Å². The highest BCUT2D eigenvalue weighted by Gasteiger charge is 2.35. The molecule has 0 saturated heterocycles. The van der Waals surface area contributed by atoms with Crippen molar-refractivity contribution < 1.29 is 19.2 Å². The van der Waals surface area contributed by atoms with Gasteiger partial charge < -0.3 is 9.84 Å². The van der Waals surface area contributed by atoms with Crippen molar-refractivity contribution in [3.63, 3.8) is 0 Å². The molecule has 1 rings (SSSR count). The number of carbonyl (C=O) groups is 1. The number of hydrogen-bond donors (Lipinski definition) is 1. The number of aliphatic hydroxyl groups excluding tert-OH is 1. The number of rotatable bonds is 7. The number of carbonyl (C=O) groups excluding carboxylic acids is 1. The van der Waals surface area contributed by atoms with Crippen LogP contribution in [0.2, 0.25) is 0 Å². The molecule has 1 heterocycles. The van der Waals surface area contributed by atoms with Crippen molar-refractivity contribution in [1.82, 2.24) is 4.57 Å². The van der Waals surface area contributed by atoms with Gasteiger partial charge in [0.2, 0.25) is 6.33 Å². The number of hydrogen-bond acceptors (Lipinski definition) is 3. The third kappa shape index (κ3) is 9.63. The molecule has 0 bridgehead atoms. The Kier molecular flexibility index (Phi) is 10.0. The van der Waals surface area contributed by atoms with Crippen molar-refractivity contribution in [2.24, 2.45) is 16.7 Å². The minimum atomic E-state index is -0.0720. The van der Waals surface area contributed by atoms with Gasteiger partial charge in [0.15, 0.2) is 0 Å². The Labute approximate surface area is 154 Å². The minimum Gasteiger partial charge on any atom is -0.465 e. The molecule has 0 saturated carbocycles. The number of aryl methyl sites for hydroxylation is 2. The minimum absolute atomic E-state index is 0.0523. The van der Waals surface area contributed by atoms with Crippen molar-refractivity contribution in [1.29, 1.82) is 0 Å². The molecule has 1 aromatic heterocycles. The molecule has 1 N–H and O–H groups in total. The standard InChI is InChI=1S/C19H35N2O2.CH4O/c1-8-20-11-12-21(15-20)10-9-13-23-17(22)16(19(5,6)7)14-18(2,3)4;1-2/h11-12,15-16H,8-10,13-14H2,1-7H3;2H,1H3/q+1;. The van der Waals surface area contributed by atoms with Crippen molar-refractivity contribution in [3.8, 4) is 0 Å². The Morgan fingerprint density at radius 1 is 1.20 bits per heavy atom. The third-order valence-corrected chi connectivity index (χ3v) is 4.06. The topological polar surface area (TPSA) is 55.3 Å². The quantitative estimate of drug-likeness (QED) is 0.463. The van der Waals surface area contributed by atoms with Crippen LogP contribution in [0.4, 0.5) is 0 Å². The summed E-state index contributed by atoms with van der Waals surface area (Å²) >= 11 is 0. The number of imidazole rings is 1. The highest BCUT2D eigenvalue weighted by Crippen LogP contribution is 2.36. The molecule has 1 atom stereocenters. The average molecular weight is 356 g/mol. The predicted molar refractivity (Wildman–Crippen MR) is 101 cm³/mol. The summed E-state index contributed by atoms with van der Waals surface area (Å²) in [7, 11) is 1.00. The maximum Gasteiger partial charge on any atom is 0.309 e. The Morgan fingerprint density at radius 3 is 2.24 bits per heavy atom. The molecule has 25 heavy (non-hydrogen) atoms. The van der Waals surface area contributed by atoms with Crippen molar-refractivity contribution in [3.05, 3.63) is 18.7 Å². The van der Waals surface area contributed by atoms with E-state index in [0.29, 0.717) is 6.61 Å². The third-order valence-electron chi connectivity index (χ3n) is 4.06. The maximum atomic E-state index is 12.5. The Balaban J connectivity index is 0.00000277. The van der Waals surface area contributed by atoms with Gasteiger partial charge in [0, 0.05) is 13.5 Å². The molecule has 5 heteroatoms. The smallest absolute Gasteiger partial charge is 0.309 e. The molecule has 0 fully saturated rings. The number of ether oxygens (including phenoxy) is 1. The second-order valence-electron chi connectivity index (χ2n) is 8.69. The fourth-order valence-corrected chi connectivity index (χ4v) is 2.63. The van der Waals surface area contributed by atoms with Crippen LogP contribution in [0, 0.1) is 16.7 Å². The van der Waals surface area contributed by atoms with E-state index in [-0.39, 0.29) is 22.7 Å². The van der Waals surface area contributed by atoms with Crippen LogP contribution in [0.25, 0.3) is 0 Å². The molecule has 0 aliphatic heterocycles. The van der Waals surface area contributed by atoms with Crippen LogP contribution in [0.1, 0.15) is 61.3 Å². The fourth-order valence-electron chi connectivity index (χ4n) is 2.63. The molecule has 0 aliphatic rings. The molecule has 0 radical (unpaired) electrons. The van der Waals surface area contributed by atoms with Gasteiger partial charge in [-0.15, -0.1) is 0 Å². The van der Waals surface area contributed by atoms with Crippen LogP contribution >= 0.6 is 0 Å². The first-order valence-corrected chi connectivity index (χ1v) is 9.19. The van der Waals surface area contributed by atoms with Gasteiger partial charge in [0.1, 0.15) is 12.4 Å². The van der Waals surface area contributed by atoms with E-state index in [1.807, 2.05) is 0 Å². The molecular formula is C20H39N2O3+. The lowest BCUT2D eigenvalue weighted by atomic mass is 9.72. The molecule has 0 spiro atoms. The van der Waals surface area contributed by atoms with Crippen LogP contribution in [0.3, 0.4) is 0 Å². The molecule has 5 nitrogen and oxygen atoms in total. The lowest BCUT2D eigenvalue weighted by Gasteiger charge is -2.33. The summed E-state index contributed by atoms with van der Waals surface area (Å²) in [6.45, 7) is 17.3. The first-order valence-electron chi connectivity index (χ1n) is 9.19. The Hall–Kier alpha value is -1.36. The van der Waals surface area contributed by atoms with Crippen LogP contribution in [-0.2, 0) is 22.6 Å². The van der Waals surface area contributed by atoms with E-state index in [1.165, 1.54) is 0 Å². The van der Waals surface area contributed by atoms with E-state index < -0.39 is 0 Å². The first-order chi connectivity index (χ1) is 11.5. The number of esters is 1. The lowest BCUT2D eigenvalue weighted by Crippen LogP contribution is -2.35. The number of aliphatic hydroxyl groups is 1. The van der Waals surface area contributed by atoms with E-state index in [2.05, 4.69) is 76.3 Å².